The van der Waals surface area contributed by atoms with Crippen LogP contribution in [-0.4, -0.2) is 65.2 Å². The summed E-state index contributed by atoms with van der Waals surface area (Å²) in [5.74, 6) is 2.49. The molecule has 2 aliphatic rings. The smallest absolute Gasteiger partial charge is 0.254 e. The summed E-state index contributed by atoms with van der Waals surface area (Å²) in [5, 5.41) is 5.03. The van der Waals surface area contributed by atoms with Crippen LogP contribution in [0.5, 0.6) is 0 Å². The van der Waals surface area contributed by atoms with E-state index in [1.54, 1.807) is 0 Å². The maximum absolute atomic E-state index is 13.4. The van der Waals surface area contributed by atoms with E-state index in [0.29, 0.717) is 24.4 Å². The monoisotopic (exact) mass is 468 g/mol. The summed E-state index contributed by atoms with van der Waals surface area (Å²) in [6, 6.07) is 17.5. The number of nitrogens with zero attached hydrogens (tertiary/aromatic N) is 6. The highest BCUT2D eigenvalue weighted by Gasteiger charge is 2.25. The van der Waals surface area contributed by atoms with E-state index in [-0.39, 0.29) is 5.91 Å². The molecular formula is C27H28N6O2. The topological polar surface area (TPSA) is 78.6 Å². The highest BCUT2D eigenvalue weighted by molar-refractivity contribution is 6.01. The van der Waals surface area contributed by atoms with Crippen LogP contribution < -0.4 is 9.80 Å². The molecule has 35 heavy (non-hydrogen) atoms. The van der Waals surface area contributed by atoms with Gasteiger partial charge in [-0.2, -0.15) is 4.98 Å². The first-order chi connectivity index (χ1) is 17.2. The zero-order chi connectivity index (χ0) is 23.8. The van der Waals surface area contributed by atoms with Crippen LogP contribution in [0.4, 0.5) is 11.8 Å². The fourth-order valence-electron chi connectivity index (χ4n) is 4.95. The number of benzene rings is 2. The largest absolute Gasteiger partial charge is 0.355 e. The lowest BCUT2D eigenvalue weighted by Crippen LogP contribution is -2.49. The van der Waals surface area contributed by atoms with E-state index in [1.807, 2.05) is 66.4 Å². The Hall–Kier alpha value is -3.94. The van der Waals surface area contributed by atoms with E-state index in [9.17, 15) is 4.79 Å². The molecule has 6 rings (SSSR count). The molecule has 4 heterocycles. The first kappa shape index (κ1) is 21.6. The second-order valence-corrected chi connectivity index (χ2v) is 9.25. The highest BCUT2D eigenvalue weighted by atomic mass is 16.5. The van der Waals surface area contributed by atoms with Crippen LogP contribution in [0.1, 0.15) is 28.9 Å². The van der Waals surface area contributed by atoms with Crippen LogP contribution in [0, 0.1) is 6.92 Å². The van der Waals surface area contributed by atoms with E-state index in [0.717, 1.165) is 60.1 Å². The van der Waals surface area contributed by atoms with Gasteiger partial charge in [0.05, 0.1) is 5.39 Å². The molecule has 0 saturated carbocycles. The molecule has 178 valence electrons. The minimum Gasteiger partial charge on any atom is -0.355 e. The van der Waals surface area contributed by atoms with Crippen molar-refractivity contribution in [2.45, 2.75) is 19.8 Å². The number of hydrogen-bond acceptors (Lipinski definition) is 7. The van der Waals surface area contributed by atoms with Gasteiger partial charge in [-0.25, -0.2) is 4.98 Å². The van der Waals surface area contributed by atoms with Crippen molar-refractivity contribution in [3.05, 3.63) is 65.9 Å². The zero-order valence-corrected chi connectivity index (χ0v) is 19.9. The molecule has 0 radical (unpaired) electrons. The molecule has 0 atom stereocenters. The minimum absolute atomic E-state index is 0.0309. The quantitative estimate of drug-likeness (QED) is 0.445. The Bertz CT molecular complexity index is 1350. The van der Waals surface area contributed by atoms with Crippen LogP contribution in [0.2, 0.25) is 0 Å². The van der Waals surface area contributed by atoms with Gasteiger partial charge in [-0.15, -0.1) is 0 Å². The van der Waals surface area contributed by atoms with Crippen molar-refractivity contribution in [2.75, 3.05) is 49.1 Å². The number of fused-ring (bicyclic) bond motifs is 1. The van der Waals surface area contributed by atoms with E-state index < -0.39 is 0 Å². The van der Waals surface area contributed by atoms with Gasteiger partial charge in [0.2, 0.25) is 5.95 Å². The van der Waals surface area contributed by atoms with Gasteiger partial charge in [0.1, 0.15) is 11.3 Å². The van der Waals surface area contributed by atoms with Crippen LogP contribution in [0.3, 0.4) is 0 Å². The van der Waals surface area contributed by atoms with Crippen LogP contribution in [0.25, 0.3) is 22.2 Å². The third-order valence-electron chi connectivity index (χ3n) is 6.87. The molecule has 0 unspecified atom stereocenters. The van der Waals surface area contributed by atoms with Crippen LogP contribution in [0.15, 0.2) is 59.1 Å². The molecule has 2 aromatic heterocycles. The van der Waals surface area contributed by atoms with Crippen molar-refractivity contribution >= 4 is 28.6 Å². The molecule has 4 aromatic rings. The Morgan fingerprint density at radius 1 is 0.857 bits per heavy atom. The number of carbonyl (C=O) groups excluding carboxylic acids is 1. The second-order valence-electron chi connectivity index (χ2n) is 9.25. The lowest BCUT2D eigenvalue weighted by molar-refractivity contribution is 0.0746. The summed E-state index contributed by atoms with van der Waals surface area (Å²) in [5.41, 5.74) is 3.33. The van der Waals surface area contributed by atoms with Gasteiger partial charge in [0.15, 0.2) is 5.76 Å². The van der Waals surface area contributed by atoms with Gasteiger partial charge in [-0.3, -0.25) is 4.79 Å². The van der Waals surface area contributed by atoms with Gasteiger partial charge in [-0.05, 0) is 38.0 Å². The maximum Gasteiger partial charge on any atom is 0.254 e. The Morgan fingerprint density at radius 3 is 2.40 bits per heavy atom. The van der Waals surface area contributed by atoms with E-state index in [2.05, 4.69) is 19.9 Å². The highest BCUT2D eigenvalue weighted by Crippen LogP contribution is 2.30. The van der Waals surface area contributed by atoms with E-state index >= 15 is 0 Å². The normalized spacial score (nSPS) is 16.3. The Kier molecular flexibility index (Phi) is 5.56. The number of hydrogen-bond donors (Lipinski definition) is 0. The molecule has 0 spiro atoms. The lowest BCUT2D eigenvalue weighted by atomic mass is 10.1. The Labute approximate surface area is 204 Å². The predicted molar refractivity (Wildman–Crippen MR) is 136 cm³/mol. The number of aromatic nitrogens is 3. The van der Waals surface area contributed by atoms with Crippen molar-refractivity contribution in [2.24, 2.45) is 0 Å². The van der Waals surface area contributed by atoms with Crippen molar-refractivity contribution in [3.63, 3.8) is 0 Å². The molecule has 1 amide bonds. The zero-order valence-electron chi connectivity index (χ0n) is 19.9. The second kappa shape index (κ2) is 9.02. The molecule has 8 heteroatoms. The molecule has 2 aliphatic heterocycles. The predicted octanol–water partition coefficient (Wildman–Crippen LogP) is 4.16. The first-order valence-electron chi connectivity index (χ1n) is 12.3. The van der Waals surface area contributed by atoms with Crippen LogP contribution in [-0.2, 0) is 0 Å². The van der Waals surface area contributed by atoms with Gasteiger partial charge in [0.25, 0.3) is 5.91 Å². The molecule has 0 bridgehead atoms. The maximum atomic E-state index is 13.4. The van der Waals surface area contributed by atoms with E-state index in [1.165, 1.54) is 12.8 Å². The number of amides is 1. The van der Waals surface area contributed by atoms with Gasteiger partial charge in [-0.1, -0.05) is 35.5 Å². The third kappa shape index (κ3) is 4.20. The molecule has 2 aromatic carbocycles. The van der Waals surface area contributed by atoms with E-state index in [4.69, 9.17) is 9.51 Å². The lowest BCUT2D eigenvalue weighted by Gasteiger charge is -2.35. The fraction of sp³-hybridized carbons (Fsp3) is 0.333. The Balaban J connectivity index is 1.18. The Morgan fingerprint density at radius 2 is 1.63 bits per heavy atom. The van der Waals surface area contributed by atoms with Crippen molar-refractivity contribution in [1.29, 1.82) is 0 Å². The van der Waals surface area contributed by atoms with Crippen molar-refractivity contribution in [3.8, 4) is 11.3 Å². The number of anilines is 2. The van der Waals surface area contributed by atoms with Crippen LogP contribution >= 0.6 is 0 Å². The molecule has 2 saturated heterocycles. The molecule has 0 aliphatic carbocycles. The van der Waals surface area contributed by atoms with Crippen molar-refractivity contribution < 1.29 is 9.32 Å². The summed E-state index contributed by atoms with van der Waals surface area (Å²) in [4.78, 5) is 29.3. The van der Waals surface area contributed by atoms with Gasteiger partial charge in [0, 0.05) is 62.2 Å². The number of carbonyl (C=O) groups is 1. The number of piperazine rings is 1. The molecule has 8 nitrogen and oxygen atoms in total. The first-order valence-corrected chi connectivity index (χ1v) is 12.3. The summed E-state index contributed by atoms with van der Waals surface area (Å²) in [7, 11) is 0. The average Bonchev–Trinajstić information content (AvgIpc) is 3.59. The number of rotatable bonds is 4. The summed E-state index contributed by atoms with van der Waals surface area (Å²) >= 11 is 0. The molecular weight excluding hydrogens is 440 g/mol. The average molecular weight is 469 g/mol. The molecule has 2 fully saturated rings. The summed E-state index contributed by atoms with van der Waals surface area (Å²) < 4.78 is 5.60. The third-order valence-corrected chi connectivity index (χ3v) is 6.87. The van der Waals surface area contributed by atoms with Gasteiger partial charge < -0.3 is 19.2 Å². The van der Waals surface area contributed by atoms with Crippen molar-refractivity contribution in [1.82, 2.24) is 20.0 Å². The van der Waals surface area contributed by atoms with Gasteiger partial charge >= 0.3 is 0 Å². The SMILES string of the molecule is Cc1cc(N2CCN(C(=O)c3ccc4noc(-c5ccccc5)c4c3)CC2)nc(N2CCCC2)n1. The minimum atomic E-state index is 0.0309. The fourth-order valence-corrected chi connectivity index (χ4v) is 4.95. The summed E-state index contributed by atoms with van der Waals surface area (Å²) in [6.45, 7) is 6.84. The number of aryl methyl sites for hydroxylation is 1. The summed E-state index contributed by atoms with van der Waals surface area (Å²) in [6.07, 6.45) is 2.39. The molecule has 0 N–H and O–H groups in total. The standard InChI is InChI=1S/C27H28N6O2/c1-19-17-24(29-27(28-19)33-11-5-6-12-33)31-13-15-32(16-14-31)26(34)21-9-10-23-22(18-21)25(35-30-23)20-7-3-2-4-8-20/h2-4,7-10,17-18H,5-6,11-16H2,1H3.